The number of alkyl halides is 3. The Balaban J connectivity index is 1.59. The lowest BCUT2D eigenvalue weighted by atomic mass is 10.1. The summed E-state index contributed by atoms with van der Waals surface area (Å²) in [5.74, 6) is -0.494. The second-order valence-corrected chi connectivity index (χ2v) is 6.89. The van der Waals surface area contributed by atoms with Gasteiger partial charge in [-0.2, -0.15) is 18.3 Å². The average Bonchev–Trinajstić information content (AvgIpc) is 3.16. The Morgan fingerprint density at radius 2 is 1.90 bits per heavy atom. The molecule has 1 amide bonds. The summed E-state index contributed by atoms with van der Waals surface area (Å²) < 4.78 is 40.1. The van der Waals surface area contributed by atoms with Gasteiger partial charge in [0.15, 0.2) is 5.65 Å². The SMILES string of the molecule is O=C(NCc1cccc(C(F)(F)F)c1)c1cnn2c(-c3ccccc3Cl)ccnc12. The summed E-state index contributed by atoms with van der Waals surface area (Å²) in [6.45, 7) is -0.0652. The van der Waals surface area contributed by atoms with Crippen molar-refractivity contribution < 1.29 is 18.0 Å². The quantitative estimate of drug-likeness (QED) is 0.495. The third-order valence-corrected chi connectivity index (χ3v) is 4.83. The van der Waals surface area contributed by atoms with E-state index in [1.165, 1.54) is 22.8 Å². The van der Waals surface area contributed by atoms with E-state index in [1.54, 1.807) is 24.4 Å². The first-order valence-corrected chi connectivity index (χ1v) is 9.24. The zero-order chi connectivity index (χ0) is 21.3. The molecule has 2 aromatic carbocycles. The maximum Gasteiger partial charge on any atom is 0.416 e. The van der Waals surface area contributed by atoms with E-state index < -0.39 is 17.6 Å². The van der Waals surface area contributed by atoms with E-state index in [9.17, 15) is 18.0 Å². The standard InChI is InChI=1S/C21H14ClF3N4O/c22-17-7-2-1-6-15(17)18-8-9-26-19-16(12-28-29(18)19)20(30)27-11-13-4-3-5-14(10-13)21(23,24)25/h1-10,12H,11H2,(H,27,30). The number of amides is 1. The number of rotatable bonds is 4. The van der Waals surface area contributed by atoms with Crippen molar-refractivity contribution in [2.75, 3.05) is 0 Å². The summed E-state index contributed by atoms with van der Waals surface area (Å²) in [4.78, 5) is 16.9. The first-order chi connectivity index (χ1) is 14.3. The van der Waals surface area contributed by atoms with Crippen LogP contribution in [0.3, 0.4) is 0 Å². The Kier molecular flexibility index (Phi) is 5.17. The molecule has 2 aromatic heterocycles. The van der Waals surface area contributed by atoms with Gasteiger partial charge in [-0.3, -0.25) is 4.79 Å². The predicted molar refractivity (Wildman–Crippen MR) is 106 cm³/mol. The van der Waals surface area contributed by atoms with Crippen LogP contribution in [0.1, 0.15) is 21.5 Å². The van der Waals surface area contributed by atoms with Gasteiger partial charge in [0.25, 0.3) is 5.91 Å². The van der Waals surface area contributed by atoms with Crippen LogP contribution < -0.4 is 5.32 Å². The van der Waals surface area contributed by atoms with Gasteiger partial charge < -0.3 is 5.32 Å². The number of halogens is 4. The van der Waals surface area contributed by atoms with Crippen LogP contribution in [0.5, 0.6) is 0 Å². The normalized spacial score (nSPS) is 11.6. The number of benzene rings is 2. The van der Waals surface area contributed by atoms with Crippen LogP contribution in [0.15, 0.2) is 67.0 Å². The maximum atomic E-state index is 12.9. The number of carbonyl (C=O) groups excluding carboxylic acids is 1. The summed E-state index contributed by atoms with van der Waals surface area (Å²) in [7, 11) is 0. The Hall–Kier alpha value is -3.39. The van der Waals surface area contributed by atoms with Crippen molar-refractivity contribution in [3.8, 4) is 11.3 Å². The van der Waals surface area contributed by atoms with Crippen LogP contribution in [0.2, 0.25) is 5.02 Å². The molecule has 152 valence electrons. The van der Waals surface area contributed by atoms with Crippen molar-refractivity contribution in [2.45, 2.75) is 12.7 Å². The fourth-order valence-corrected chi connectivity index (χ4v) is 3.29. The highest BCUT2D eigenvalue weighted by molar-refractivity contribution is 6.33. The van der Waals surface area contributed by atoms with Gasteiger partial charge in [-0.25, -0.2) is 9.50 Å². The molecular formula is C21H14ClF3N4O. The number of hydrogen-bond donors (Lipinski definition) is 1. The number of fused-ring (bicyclic) bond motifs is 1. The van der Waals surface area contributed by atoms with Crippen molar-refractivity contribution in [1.82, 2.24) is 19.9 Å². The van der Waals surface area contributed by atoms with Gasteiger partial charge in [-0.05, 0) is 29.8 Å². The van der Waals surface area contributed by atoms with Crippen LogP contribution >= 0.6 is 11.6 Å². The second kappa shape index (κ2) is 7.79. The molecule has 0 saturated heterocycles. The van der Waals surface area contributed by atoms with Gasteiger partial charge >= 0.3 is 6.18 Å². The second-order valence-electron chi connectivity index (χ2n) is 6.48. The molecule has 0 aliphatic heterocycles. The molecule has 30 heavy (non-hydrogen) atoms. The third kappa shape index (κ3) is 3.86. The Labute approximate surface area is 174 Å². The Bertz CT molecular complexity index is 1240. The van der Waals surface area contributed by atoms with Crippen molar-refractivity contribution >= 4 is 23.2 Å². The van der Waals surface area contributed by atoms with E-state index in [0.717, 1.165) is 17.7 Å². The van der Waals surface area contributed by atoms with Gasteiger partial charge in [-0.15, -0.1) is 0 Å². The minimum atomic E-state index is -4.44. The fraction of sp³-hybridized carbons (Fsp3) is 0.0952. The van der Waals surface area contributed by atoms with Crippen LogP contribution in [-0.2, 0) is 12.7 Å². The van der Waals surface area contributed by atoms with Crippen LogP contribution in [0, 0.1) is 0 Å². The van der Waals surface area contributed by atoms with Gasteiger partial charge in [0.05, 0.1) is 17.5 Å². The summed E-state index contributed by atoms with van der Waals surface area (Å²) in [5.41, 5.74) is 1.47. The molecule has 0 unspecified atom stereocenters. The summed E-state index contributed by atoms with van der Waals surface area (Å²) in [6.07, 6.45) is -1.54. The van der Waals surface area contributed by atoms with Gasteiger partial charge in [-0.1, -0.05) is 41.9 Å². The van der Waals surface area contributed by atoms with Gasteiger partial charge in [0.2, 0.25) is 0 Å². The lowest BCUT2D eigenvalue weighted by Gasteiger charge is -2.09. The Morgan fingerprint density at radius 1 is 1.10 bits per heavy atom. The van der Waals surface area contributed by atoms with Gasteiger partial charge in [0.1, 0.15) is 5.56 Å². The van der Waals surface area contributed by atoms with Crippen molar-refractivity contribution in [3.05, 3.63) is 88.7 Å². The van der Waals surface area contributed by atoms with E-state index in [-0.39, 0.29) is 12.1 Å². The van der Waals surface area contributed by atoms with Crippen molar-refractivity contribution in [3.63, 3.8) is 0 Å². The molecule has 0 spiro atoms. The summed E-state index contributed by atoms with van der Waals surface area (Å²) in [5, 5.41) is 7.39. The van der Waals surface area contributed by atoms with E-state index in [2.05, 4.69) is 15.4 Å². The number of aromatic nitrogens is 3. The van der Waals surface area contributed by atoms with Crippen molar-refractivity contribution in [2.24, 2.45) is 0 Å². The van der Waals surface area contributed by atoms with Crippen LogP contribution in [0.25, 0.3) is 16.9 Å². The molecule has 1 N–H and O–H groups in total. The lowest BCUT2D eigenvalue weighted by Crippen LogP contribution is -2.23. The first kappa shape index (κ1) is 19.9. The molecule has 4 aromatic rings. The summed E-state index contributed by atoms with van der Waals surface area (Å²) >= 11 is 6.27. The van der Waals surface area contributed by atoms with E-state index in [1.807, 2.05) is 12.1 Å². The van der Waals surface area contributed by atoms with Crippen molar-refractivity contribution in [1.29, 1.82) is 0 Å². The molecule has 0 bridgehead atoms. The molecule has 9 heteroatoms. The third-order valence-electron chi connectivity index (χ3n) is 4.50. The number of nitrogens with zero attached hydrogens (tertiary/aromatic N) is 3. The lowest BCUT2D eigenvalue weighted by molar-refractivity contribution is -0.137. The first-order valence-electron chi connectivity index (χ1n) is 8.86. The monoisotopic (exact) mass is 430 g/mol. The molecule has 0 aliphatic rings. The molecule has 0 radical (unpaired) electrons. The molecule has 4 rings (SSSR count). The highest BCUT2D eigenvalue weighted by Gasteiger charge is 2.30. The van der Waals surface area contributed by atoms with Gasteiger partial charge in [0, 0.05) is 23.3 Å². The smallest absolute Gasteiger partial charge is 0.348 e. The Morgan fingerprint density at radius 3 is 2.67 bits per heavy atom. The highest BCUT2D eigenvalue weighted by atomic mass is 35.5. The minimum Gasteiger partial charge on any atom is -0.348 e. The predicted octanol–water partition coefficient (Wildman–Crippen LogP) is 5.00. The molecule has 2 heterocycles. The topological polar surface area (TPSA) is 59.3 Å². The average molecular weight is 431 g/mol. The highest BCUT2D eigenvalue weighted by Crippen LogP contribution is 2.30. The summed E-state index contributed by atoms with van der Waals surface area (Å²) in [6, 6.07) is 13.7. The molecule has 0 aliphatic carbocycles. The van der Waals surface area contributed by atoms with Crippen LogP contribution in [0.4, 0.5) is 13.2 Å². The zero-order valence-corrected chi connectivity index (χ0v) is 16.1. The molecule has 0 atom stereocenters. The fourth-order valence-electron chi connectivity index (χ4n) is 3.06. The van der Waals surface area contributed by atoms with E-state index >= 15 is 0 Å². The molecule has 0 fully saturated rings. The van der Waals surface area contributed by atoms with E-state index in [0.29, 0.717) is 21.9 Å². The number of carbonyl (C=O) groups is 1. The molecule has 0 saturated carbocycles. The largest absolute Gasteiger partial charge is 0.416 e. The number of nitrogens with one attached hydrogen (secondary N) is 1. The maximum absolute atomic E-state index is 12.9. The number of hydrogen-bond acceptors (Lipinski definition) is 3. The zero-order valence-electron chi connectivity index (χ0n) is 15.3. The van der Waals surface area contributed by atoms with Crippen LogP contribution in [-0.4, -0.2) is 20.5 Å². The minimum absolute atomic E-state index is 0.0652. The molecular weight excluding hydrogens is 417 g/mol. The van der Waals surface area contributed by atoms with E-state index in [4.69, 9.17) is 11.6 Å². The molecule has 5 nitrogen and oxygen atoms in total.